The number of amides is 2. The summed E-state index contributed by atoms with van der Waals surface area (Å²) in [7, 11) is -3.53. The number of sulfone groups is 1. The van der Waals surface area contributed by atoms with Crippen LogP contribution in [-0.4, -0.2) is 36.5 Å². The van der Waals surface area contributed by atoms with Crippen LogP contribution < -0.4 is 10.6 Å². The Morgan fingerprint density at radius 1 is 1.09 bits per heavy atom. The Morgan fingerprint density at radius 2 is 1.79 bits per heavy atom. The van der Waals surface area contributed by atoms with Gasteiger partial charge in [0.25, 0.3) is 5.91 Å². The molecule has 0 aliphatic rings. The number of nitrogens with zero attached hydrogens (tertiary/aromatic N) is 2. The predicted octanol–water partition coefficient (Wildman–Crippen LogP) is 3.62. The number of thiazole rings is 1. The average Bonchev–Trinajstić information content (AvgIpc) is 3.27. The molecule has 2 amide bonds. The maximum atomic E-state index is 12.6. The van der Waals surface area contributed by atoms with Crippen LogP contribution in [0.4, 0.5) is 5.13 Å². The van der Waals surface area contributed by atoms with Crippen molar-refractivity contribution < 1.29 is 18.0 Å². The summed E-state index contributed by atoms with van der Waals surface area (Å²) in [5, 5.41) is 15.7. The van der Waals surface area contributed by atoms with Crippen LogP contribution in [0.1, 0.15) is 36.7 Å². The van der Waals surface area contributed by atoms with E-state index in [4.69, 9.17) is 5.26 Å². The normalized spacial score (nSPS) is 12.1. The van der Waals surface area contributed by atoms with Crippen molar-refractivity contribution in [3.8, 4) is 17.3 Å². The quantitative estimate of drug-likeness (QED) is 0.529. The molecule has 33 heavy (non-hydrogen) atoms. The van der Waals surface area contributed by atoms with Crippen LogP contribution in [0.2, 0.25) is 0 Å². The second kappa shape index (κ2) is 9.94. The number of nitriles is 1. The molecule has 0 spiro atoms. The molecule has 0 fully saturated rings. The molecule has 1 unspecified atom stereocenters. The van der Waals surface area contributed by atoms with Crippen molar-refractivity contribution in [1.29, 1.82) is 5.26 Å². The van der Waals surface area contributed by atoms with Gasteiger partial charge in [-0.05, 0) is 51.1 Å². The Kier molecular flexibility index (Phi) is 7.26. The number of rotatable bonds is 7. The monoisotopic (exact) mass is 482 g/mol. The van der Waals surface area contributed by atoms with Crippen LogP contribution in [-0.2, 0) is 14.6 Å². The van der Waals surface area contributed by atoms with Gasteiger partial charge in [-0.1, -0.05) is 18.2 Å². The standard InChI is InChI=1S/C23H22N4O4S2/c1-14(2)33(30,31)19-6-4-5-18(11-19)22(29)25-15(3)21(28)27-23-26-20(13-32-23)17-9-7-16(12-24)8-10-17/h4-11,13-15H,1-3H3,(H,25,29)(H,26,27,28). The molecule has 0 saturated carbocycles. The third kappa shape index (κ3) is 5.63. The number of nitrogens with one attached hydrogen (secondary N) is 2. The first-order valence-electron chi connectivity index (χ1n) is 10.0. The Hall–Kier alpha value is -3.55. The Labute approximate surface area is 196 Å². The van der Waals surface area contributed by atoms with E-state index in [1.165, 1.54) is 42.5 Å². The van der Waals surface area contributed by atoms with E-state index >= 15 is 0 Å². The lowest BCUT2D eigenvalue weighted by Crippen LogP contribution is -2.41. The van der Waals surface area contributed by atoms with Crippen LogP contribution in [0.15, 0.2) is 58.8 Å². The van der Waals surface area contributed by atoms with Crippen molar-refractivity contribution >= 4 is 38.1 Å². The fourth-order valence-electron chi connectivity index (χ4n) is 2.82. The Bertz CT molecular complexity index is 1320. The molecule has 0 radical (unpaired) electrons. The summed E-state index contributed by atoms with van der Waals surface area (Å²) in [4.78, 5) is 29.5. The lowest BCUT2D eigenvalue weighted by molar-refractivity contribution is -0.117. The number of aromatic nitrogens is 1. The zero-order valence-corrected chi connectivity index (χ0v) is 19.8. The molecule has 3 rings (SSSR count). The predicted molar refractivity (Wildman–Crippen MR) is 127 cm³/mol. The maximum Gasteiger partial charge on any atom is 0.251 e. The molecule has 170 valence electrons. The van der Waals surface area contributed by atoms with Gasteiger partial charge in [0.15, 0.2) is 15.0 Å². The lowest BCUT2D eigenvalue weighted by atomic mass is 10.1. The molecule has 2 N–H and O–H groups in total. The topological polar surface area (TPSA) is 129 Å². The molecule has 1 heterocycles. The molecule has 3 aromatic rings. The molecule has 0 aliphatic carbocycles. The molecule has 1 atom stereocenters. The van der Waals surface area contributed by atoms with Crippen LogP contribution in [0.25, 0.3) is 11.3 Å². The zero-order chi connectivity index (χ0) is 24.2. The second-order valence-corrected chi connectivity index (χ2v) is 10.9. The first kappa shape index (κ1) is 24.1. The second-order valence-electron chi connectivity index (χ2n) is 7.53. The van der Waals surface area contributed by atoms with Crippen molar-refractivity contribution in [2.45, 2.75) is 37.0 Å². The minimum atomic E-state index is -3.53. The number of hydrogen-bond acceptors (Lipinski definition) is 7. The van der Waals surface area contributed by atoms with E-state index in [0.29, 0.717) is 16.4 Å². The zero-order valence-electron chi connectivity index (χ0n) is 18.2. The third-order valence-corrected chi connectivity index (χ3v) is 7.74. The van der Waals surface area contributed by atoms with E-state index in [9.17, 15) is 18.0 Å². The summed E-state index contributed by atoms with van der Waals surface area (Å²) in [6.07, 6.45) is 0. The number of carbonyl (C=O) groups is 2. The number of hydrogen-bond donors (Lipinski definition) is 2. The summed E-state index contributed by atoms with van der Waals surface area (Å²) in [5.74, 6) is -1.02. The SMILES string of the molecule is CC(NC(=O)c1cccc(S(=O)(=O)C(C)C)c1)C(=O)Nc1nc(-c2ccc(C#N)cc2)cs1. The van der Waals surface area contributed by atoms with E-state index in [0.717, 1.165) is 5.56 Å². The van der Waals surface area contributed by atoms with Crippen LogP contribution in [0, 0.1) is 11.3 Å². The molecule has 0 saturated heterocycles. The molecule has 0 bridgehead atoms. The van der Waals surface area contributed by atoms with Gasteiger partial charge in [-0.3, -0.25) is 9.59 Å². The highest BCUT2D eigenvalue weighted by Crippen LogP contribution is 2.25. The molecule has 1 aromatic heterocycles. The first-order valence-corrected chi connectivity index (χ1v) is 12.5. The van der Waals surface area contributed by atoms with E-state index < -0.39 is 32.9 Å². The van der Waals surface area contributed by atoms with Crippen molar-refractivity contribution in [2.24, 2.45) is 0 Å². The van der Waals surface area contributed by atoms with Gasteiger partial charge in [-0.25, -0.2) is 13.4 Å². The summed E-state index contributed by atoms with van der Waals surface area (Å²) in [6.45, 7) is 4.66. The highest BCUT2D eigenvalue weighted by atomic mass is 32.2. The number of carbonyl (C=O) groups excluding carboxylic acids is 2. The van der Waals surface area contributed by atoms with Crippen LogP contribution >= 0.6 is 11.3 Å². The molecule has 8 nitrogen and oxygen atoms in total. The first-order chi connectivity index (χ1) is 15.6. The van der Waals surface area contributed by atoms with Gasteiger partial charge in [0.05, 0.1) is 27.5 Å². The van der Waals surface area contributed by atoms with Gasteiger partial charge in [0.1, 0.15) is 6.04 Å². The highest BCUT2D eigenvalue weighted by molar-refractivity contribution is 7.92. The Morgan fingerprint density at radius 3 is 2.42 bits per heavy atom. The van der Waals surface area contributed by atoms with E-state index in [1.807, 2.05) is 0 Å². The van der Waals surface area contributed by atoms with Gasteiger partial charge in [-0.2, -0.15) is 5.26 Å². The largest absolute Gasteiger partial charge is 0.341 e. The van der Waals surface area contributed by atoms with Crippen LogP contribution in [0.5, 0.6) is 0 Å². The molecule has 0 aliphatic heterocycles. The minimum absolute atomic E-state index is 0.0559. The molecular weight excluding hydrogens is 460 g/mol. The van der Waals surface area contributed by atoms with E-state index in [1.54, 1.807) is 43.5 Å². The minimum Gasteiger partial charge on any atom is -0.341 e. The summed E-state index contributed by atoms with van der Waals surface area (Å²) in [5.41, 5.74) is 2.15. The van der Waals surface area contributed by atoms with E-state index in [-0.39, 0.29) is 10.5 Å². The summed E-state index contributed by atoms with van der Waals surface area (Å²) < 4.78 is 24.7. The van der Waals surface area contributed by atoms with Gasteiger partial charge in [0.2, 0.25) is 5.91 Å². The third-order valence-electron chi connectivity index (χ3n) is 4.83. The lowest BCUT2D eigenvalue weighted by Gasteiger charge is -2.14. The van der Waals surface area contributed by atoms with Crippen molar-refractivity contribution in [2.75, 3.05) is 5.32 Å². The average molecular weight is 483 g/mol. The fourth-order valence-corrected chi connectivity index (χ4v) is 4.65. The molecular formula is C23H22N4O4S2. The van der Waals surface area contributed by atoms with Crippen molar-refractivity contribution in [1.82, 2.24) is 10.3 Å². The van der Waals surface area contributed by atoms with Gasteiger partial charge < -0.3 is 10.6 Å². The van der Waals surface area contributed by atoms with Gasteiger partial charge in [-0.15, -0.1) is 11.3 Å². The highest BCUT2D eigenvalue weighted by Gasteiger charge is 2.22. The van der Waals surface area contributed by atoms with Gasteiger partial charge >= 0.3 is 0 Å². The number of benzene rings is 2. The fraction of sp³-hybridized carbons (Fsp3) is 0.217. The smallest absolute Gasteiger partial charge is 0.251 e. The van der Waals surface area contributed by atoms with Gasteiger partial charge in [0, 0.05) is 16.5 Å². The molecule has 10 heteroatoms. The van der Waals surface area contributed by atoms with Crippen molar-refractivity contribution in [3.63, 3.8) is 0 Å². The summed E-state index contributed by atoms with van der Waals surface area (Å²) in [6, 6.07) is 13.8. The summed E-state index contributed by atoms with van der Waals surface area (Å²) >= 11 is 1.24. The number of anilines is 1. The van der Waals surface area contributed by atoms with Crippen molar-refractivity contribution in [3.05, 3.63) is 65.0 Å². The van der Waals surface area contributed by atoms with Crippen LogP contribution in [0.3, 0.4) is 0 Å². The molecule has 2 aromatic carbocycles. The van der Waals surface area contributed by atoms with E-state index in [2.05, 4.69) is 21.7 Å². The maximum absolute atomic E-state index is 12.6. The Balaban J connectivity index is 1.65.